The average Bonchev–Trinajstić information content (AvgIpc) is 2.63. The minimum atomic E-state index is -3.68. The van der Waals surface area contributed by atoms with E-state index in [0.717, 1.165) is 24.7 Å². The highest BCUT2D eigenvalue weighted by Gasteiger charge is 2.17. The highest BCUT2D eigenvalue weighted by Crippen LogP contribution is 2.25. The van der Waals surface area contributed by atoms with E-state index >= 15 is 0 Å². The van der Waals surface area contributed by atoms with Crippen LogP contribution in [0.15, 0.2) is 53.4 Å². The molecule has 0 atom stereocenters. The number of sulfonamides is 1. The monoisotopic (exact) mass is 372 g/mol. The van der Waals surface area contributed by atoms with E-state index in [-0.39, 0.29) is 10.7 Å². The van der Waals surface area contributed by atoms with E-state index in [2.05, 4.69) is 16.5 Å². The van der Waals surface area contributed by atoms with Crippen molar-refractivity contribution in [1.29, 1.82) is 0 Å². The van der Waals surface area contributed by atoms with Crippen LogP contribution in [0.5, 0.6) is 0 Å². The lowest BCUT2D eigenvalue weighted by molar-refractivity contribution is 0.101. The average molecular weight is 372 g/mol. The number of hydrogen-bond acceptors (Lipinski definition) is 4. The Hall–Kier alpha value is -2.34. The van der Waals surface area contributed by atoms with Crippen molar-refractivity contribution in [2.75, 3.05) is 22.7 Å². The molecule has 0 amide bonds. The van der Waals surface area contributed by atoms with Gasteiger partial charge in [-0.15, -0.1) is 0 Å². The molecule has 0 spiro atoms. The quantitative estimate of drug-likeness (QED) is 0.808. The van der Waals surface area contributed by atoms with Gasteiger partial charge in [0.2, 0.25) is 0 Å². The predicted octanol–water partition coefficient (Wildman–Crippen LogP) is 3.93. The van der Waals surface area contributed by atoms with E-state index in [1.54, 1.807) is 12.1 Å². The van der Waals surface area contributed by atoms with Crippen molar-refractivity contribution in [2.24, 2.45) is 5.92 Å². The number of rotatable bonds is 5. The lowest BCUT2D eigenvalue weighted by Crippen LogP contribution is -2.32. The van der Waals surface area contributed by atoms with Gasteiger partial charge in [-0.05, 0) is 62.1 Å². The van der Waals surface area contributed by atoms with Gasteiger partial charge < -0.3 is 4.90 Å². The maximum Gasteiger partial charge on any atom is 0.261 e. The molecule has 1 aliphatic rings. The molecule has 6 heteroatoms. The van der Waals surface area contributed by atoms with Crippen molar-refractivity contribution in [3.63, 3.8) is 0 Å². The van der Waals surface area contributed by atoms with Crippen LogP contribution in [-0.2, 0) is 10.0 Å². The second-order valence-corrected chi connectivity index (χ2v) is 8.58. The molecule has 1 heterocycles. The molecule has 0 saturated carbocycles. The van der Waals surface area contributed by atoms with Crippen molar-refractivity contribution in [2.45, 2.75) is 31.6 Å². The number of Topliss-reactive ketones (excluding diaryl/α,β-unsaturated/α-hetero) is 1. The van der Waals surface area contributed by atoms with Crippen LogP contribution in [0.25, 0.3) is 0 Å². The van der Waals surface area contributed by atoms with Crippen molar-refractivity contribution in [1.82, 2.24) is 0 Å². The summed E-state index contributed by atoms with van der Waals surface area (Å²) in [5, 5.41) is 0. The van der Waals surface area contributed by atoms with Crippen molar-refractivity contribution < 1.29 is 13.2 Å². The molecular weight excluding hydrogens is 348 g/mol. The van der Waals surface area contributed by atoms with E-state index in [1.165, 1.54) is 44.0 Å². The van der Waals surface area contributed by atoms with Gasteiger partial charge in [-0.1, -0.05) is 19.1 Å². The summed E-state index contributed by atoms with van der Waals surface area (Å²) in [6, 6.07) is 13.4. The fourth-order valence-corrected chi connectivity index (χ4v) is 4.15. The summed E-state index contributed by atoms with van der Waals surface area (Å²) in [5.74, 6) is 0.677. The number of ketones is 1. The third kappa shape index (κ3) is 4.25. The summed E-state index contributed by atoms with van der Waals surface area (Å²) < 4.78 is 27.6. The molecule has 1 saturated heterocycles. The molecule has 1 fully saturated rings. The topological polar surface area (TPSA) is 66.5 Å². The zero-order chi connectivity index (χ0) is 18.7. The first kappa shape index (κ1) is 18.5. The van der Waals surface area contributed by atoms with Gasteiger partial charge in [0, 0.05) is 30.0 Å². The first-order valence-electron chi connectivity index (χ1n) is 8.84. The minimum Gasteiger partial charge on any atom is -0.372 e. The van der Waals surface area contributed by atoms with E-state index in [1.807, 2.05) is 12.1 Å². The van der Waals surface area contributed by atoms with E-state index in [4.69, 9.17) is 0 Å². The molecule has 2 aromatic rings. The van der Waals surface area contributed by atoms with Gasteiger partial charge in [0.05, 0.1) is 4.90 Å². The second kappa shape index (κ2) is 7.50. The highest BCUT2D eigenvalue weighted by atomic mass is 32.2. The number of anilines is 2. The van der Waals surface area contributed by atoms with E-state index in [0.29, 0.717) is 11.3 Å². The summed E-state index contributed by atoms with van der Waals surface area (Å²) in [6.45, 7) is 5.80. The Balaban J connectivity index is 1.70. The Kier molecular flexibility index (Phi) is 5.32. The van der Waals surface area contributed by atoms with Crippen LogP contribution in [0, 0.1) is 5.92 Å². The summed E-state index contributed by atoms with van der Waals surface area (Å²) in [7, 11) is -3.68. The number of hydrogen-bond donors (Lipinski definition) is 1. The molecule has 138 valence electrons. The van der Waals surface area contributed by atoms with Gasteiger partial charge in [0.1, 0.15) is 0 Å². The molecular formula is C20H24N2O3S. The Morgan fingerprint density at radius 1 is 1.00 bits per heavy atom. The fourth-order valence-electron chi connectivity index (χ4n) is 3.09. The van der Waals surface area contributed by atoms with Crippen LogP contribution < -0.4 is 9.62 Å². The standard InChI is InChI=1S/C20H24N2O3S/c1-15-11-13-22(14-12-15)19-7-5-18(6-8-19)21-26(24,25)20-9-3-17(4-10-20)16(2)23/h3-10,15,21H,11-14H2,1-2H3. The minimum absolute atomic E-state index is 0.0930. The first-order valence-corrected chi connectivity index (χ1v) is 10.3. The molecule has 0 aromatic heterocycles. The molecule has 0 aliphatic carbocycles. The van der Waals surface area contributed by atoms with Crippen LogP contribution in [0.4, 0.5) is 11.4 Å². The lowest BCUT2D eigenvalue weighted by atomic mass is 9.99. The highest BCUT2D eigenvalue weighted by molar-refractivity contribution is 7.92. The first-order chi connectivity index (χ1) is 12.3. The van der Waals surface area contributed by atoms with Crippen molar-refractivity contribution in [3.05, 3.63) is 54.1 Å². The van der Waals surface area contributed by atoms with Crippen LogP contribution in [0.2, 0.25) is 0 Å². The normalized spacial score (nSPS) is 15.7. The van der Waals surface area contributed by atoms with E-state index in [9.17, 15) is 13.2 Å². The van der Waals surface area contributed by atoms with Crippen LogP contribution >= 0.6 is 0 Å². The van der Waals surface area contributed by atoms with Crippen molar-refractivity contribution in [3.8, 4) is 0 Å². The van der Waals surface area contributed by atoms with Crippen LogP contribution in [0.1, 0.15) is 37.0 Å². The Morgan fingerprint density at radius 3 is 2.12 bits per heavy atom. The Morgan fingerprint density at radius 2 is 1.58 bits per heavy atom. The third-order valence-corrected chi connectivity index (χ3v) is 6.24. The predicted molar refractivity (Wildman–Crippen MR) is 104 cm³/mol. The maximum atomic E-state index is 12.5. The molecule has 0 bridgehead atoms. The zero-order valence-corrected chi connectivity index (χ0v) is 15.9. The number of nitrogens with one attached hydrogen (secondary N) is 1. The molecule has 2 aromatic carbocycles. The summed E-state index contributed by atoms with van der Waals surface area (Å²) in [5.41, 5.74) is 2.13. The number of carbonyl (C=O) groups is 1. The fraction of sp³-hybridized carbons (Fsp3) is 0.350. The second-order valence-electron chi connectivity index (χ2n) is 6.90. The Labute approximate surface area is 155 Å². The molecule has 0 radical (unpaired) electrons. The number of piperidine rings is 1. The van der Waals surface area contributed by atoms with Crippen molar-refractivity contribution >= 4 is 27.2 Å². The molecule has 5 nitrogen and oxygen atoms in total. The molecule has 1 aliphatic heterocycles. The Bertz CT molecular complexity index is 866. The van der Waals surface area contributed by atoms with Gasteiger partial charge in [-0.25, -0.2) is 8.42 Å². The van der Waals surface area contributed by atoms with Gasteiger partial charge in [-0.2, -0.15) is 0 Å². The van der Waals surface area contributed by atoms with Gasteiger partial charge in [0.25, 0.3) is 10.0 Å². The molecule has 0 unspecified atom stereocenters. The van der Waals surface area contributed by atoms with Gasteiger partial charge >= 0.3 is 0 Å². The smallest absolute Gasteiger partial charge is 0.261 e. The summed E-state index contributed by atoms with van der Waals surface area (Å²) in [4.78, 5) is 13.8. The van der Waals surface area contributed by atoms with Gasteiger partial charge in [0.15, 0.2) is 5.78 Å². The van der Waals surface area contributed by atoms with E-state index < -0.39 is 10.0 Å². The molecule has 3 rings (SSSR count). The molecule has 1 N–H and O–H groups in total. The molecule has 26 heavy (non-hydrogen) atoms. The SMILES string of the molecule is CC(=O)c1ccc(S(=O)(=O)Nc2ccc(N3CCC(C)CC3)cc2)cc1. The lowest BCUT2D eigenvalue weighted by Gasteiger charge is -2.32. The largest absolute Gasteiger partial charge is 0.372 e. The van der Waals surface area contributed by atoms with Crippen LogP contribution in [0.3, 0.4) is 0 Å². The van der Waals surface area contributed by atoms with Crippen LogP contribution in [-0.4, -0.2) is 27.3 Å². The zero-order valence-electron chi connectivity index (χ0n) is 15.1. The maximum absolute atomic E-state index is 12.5. The number of carbonyl (C=O) groups excluding carboxylic acids is 1. The van der Waals surface area contributed by atoms with Gasteiger partial charge in [-0.3, -0.25) is 9.52 Å². The summed E-state index contributed by atoms with van der Waals surface area (Å²) >= 11 is 0. The number of nitrogens with zero attached hydrogens (tertiary/aromatic N) is 1. The summed E-state index contributed by atoms with van der Waals surface area (Å²) in [6.07, 6.45) is 2.37. The third-order valence-electron chi connectivity index (χ3n) is 4.84. The number of benzene rings is 2.